The van der Waals surface area contributed by atoms with E-state index in [-0.39, 0.29) is 11.4 Å². The largest absolute Gasteiger partial charge is 0.345 e. The summed E-state index contributed by atoms with van der Waals surface area (Å²) in [5, 5.41) is 5.27. The predicted molar refractivity (Wildman–Crippen MR) is 77.1 cm³/mol. The van der Waals surface area contributed by atoms with Gasteiger partial charge in [0.2, 0.25) is 0 Å². The van der Waals surface area contributed by atoms with E-state index in [9.17, 15) is 4.79 Å². The van der Waals surface area contributed by atoms with E-state index in [0.29, 0.717) is 0 Å². The molecule has 1 saturated heterocycles. The number of carbonyl (C=O) groups is 1. The molecule has 0 unspecified atom stereocenters. The van der Waals surface area contributed by atoms with Crippen LogP contribution in [0, 0.1) is 0 Å². The van der Waals surface area contributed by atoms with Gasteiger partial charge in [0.05, 0.1) is 5.54 Å². The van der Waals surface area contributed by atoms with Gasteiger partial charge in [-0.15, -0.1) is 0 Å². The lowest BCUT2D eigenvalue weighted by Gasteiger charge is -2.38. The highest BCUT2D eigenvalue weighted by Gasteiger charge is 2.34. The third kappa shape index (κ3) is 1.99. The van der Waals surface area contributed by atoms with Crippen LogP contribution in [0.25, 0.3) is 10.8 Å². The average molecular weight is 257 g/mol. The highest BCUT2D eigenvalue weighted by molar-refractivity contribution is 8.00. The molecule has 1 aliphatic heterocycles. The number of hydrogen-bond acceptors (Lipinski definition) is 2. The molecule has 1 aliphatic rings. The first kappa shape index (κ1) is 11.6. The van der Waals surface area contributed by atoms with Gasteiger partial charge < -0.3 is 5.32 Å². The Kier molecular flexibility index (Phi) is 2.78. The van der Waals surface area contributed by atoms with Crippen LogP contribution in [0.15, 0.2) is 42.5 Å². The lowest BCUT2D eigenvalue weighted by atomic mass is 10.0. The molecule has 2 nitrogen and oxygen atoms in total. The molecule has 2 aromatic carbocycles. The van der Waals surface area contributed by atoms with E-state index >= 15 is 0 Å². The second-order valence-corrected chi connectivity index (χ2v) is 6.02. The fraction of sp³-hybridized carbons (Fsp3) is 0.267. The Morgan fingerprint density at radius 2 is 1.89 bits per heavy atom. The zero-order valence-corrected chi connectivity index (χ0v) is 11.1. The van der Waals surface area contributed by atoms with E-state index in [4.69, 9.17) is 0 Å². The van der Waals surface area contributed by atoms with Crippen molar-refractivity contribution in [3.63, 3.8) is 0 Å². The molecule has 3 heteroatoms. The maximum Gasteiger partial charge on any atom is 0.252 e. The first-order valence-corrected chi connectivity index (χ1v) is 7.21. The monoisotopic (exact) mass is 257 g/mol. The summed E-state index contributed by atoms with van der Waals surface area (Å²) in [4.78, 5) is 12.3. The van der Waals surface area contributed by atoms with Crippen molar-refractivity contribution in [1.29, 1.82) is 0 Å². The van der Waals surface area contributed by atoms with Gasteiger partial charge in [-0.25, -0.2) is 0 Å². The van der Waals surface area contributed by atoms with Crippen molar-refractivity contribution in [1.82, 2.24) is 5.32 Å². The summed E-state index contributed by atoms with van der Waals surface area (Å²) in [5.74, 6) is 2.04. The van der Waals surface area contributed by atoms with Gasteiger partial charge >= 0.3 is 0 Å². The average Bonchev–Trinajstić information content (AvgIpc) is 2.36. The molecule has 0 atom stereocenters. The highest BCUT2D eigenvalue weighted by Crippen LogP contribution is 2.29. The molecule has 92 valence electrons. The summed E-state index contributed by atoms with van der Waals surface area (Å²) in [6.45, 7) is 2.10. The molecular formula is C15H15NOS. The summed E-state index contributed by atoms with van der Waals surface area (Å²) in [6.07, 6.45) is 0. The van der Waals surface area contributed by atoms with Gasteiger partial charge in [-0.05, 0) is 23.8 Å². The summed E-state index contributed by atoms with van der Waals surface area (Å²) in [6, 6.07) is 13.9. The molecule has 0 spiro atoms. The first-order valence-electron chi connectivity index (χ1n) is 6.06. The zero-order valence-electron chi connectivity index (χ0n) is 10.3. The maximum absolute atomic E-state index is 12.3. The second-order valence-electron chi connectivity index (χ2n) is 5.03. The fourth-order valence-corrected chi connectivity index (χ4v) is 3.21. The normalized spacial score (nSPS) is 17.2. The minimum atomic E-state index is -0.0291. The number of nitrogens with one attached hydrogen (secondary N) is 1. The van der Waals surface area contributed by atoms with Crippen LogP contribution in [0.2, 0.25) is 0 Å². The lowest BCUT2D eigenvalue weighted by molar-refractivity contribution is 0.0920. The molecule has 1 heterocycles. The van der Waals surface area contributed by atoms with Crippen LogP contribution in [0.4, 0.5) is 0 Å². The Bertz CT molecular complexity index is 599. The Balaban J connectivity index is 1.96. The van der Waals surface area contributed by atoms with Crippen LogP contribution >= 0.6 is 11.8 Å². The van der Waals surface area contributed by atoms with Crippen molar-refractivity contribution in [3.05, 3.63) is 48.0 Å². The van der Waals surface area contributed by atoms with Crippen molar-refractivity contribution < 1.29 is 4.79 Å². The standard InChI is InChI=1S/C15H15NOS/c1-15(9-18-10-15)16-14(17)13-8-4-6-11-5-2-3-7-12(11)13/h2-8H,9-10H2,1H3,(H,16,17). The van der Waals surface area contributed by atoms with Gasteiger partial charge in [0.1, 0.15) is 0 Å². The SMILES string of the molecule is CC1(NC(=O)c2cccc3ccccc23)CSC1. The molecule has 18 heavy (non-hydrogen) atoms. The molecule has 1 amide bonds. The van der Waals surface area contributed by atoms with Crippen LogP contribution in [-0.4, -0.2) is 23.0 Å². The minimum Gasteiger partial charge on any atom is -0.345 e. The number of fused-ring (bicyclic) bond motifs is 1. The number of hydrogen-bond donors (Lipinski definition) is 1. The third-order valence-electron chi connectivity index (χ3n) is 3.29. The van der Waals surface area contributed by atoms with Crippen molar-refractivity contribution in [2.24, 2.45) is 0 Å². The Labute approximate surface area is 111 Å². The van der Waals surface area contributed by atoms with Gasteiger partial charge in [-0.3, -0.25) is 4.79 Å². The van der Waals surface area contributed by atoms with Gasteiger partial charge in [-0.2, -0.15) is 11.8 Å². The van der Waals surface area contributed by atoms with Crippen LogP contribution in [0.1, 0.15) is 17.3 Å². The number of amides is 1. The van der Waals surface area contributed by atoms with Crippen molar-refractivity contribution in [2.75, 3.05) is 11.5 Å². The van der Waals surface area contributed by atoms with Crippen molar-refractivity contribution in [2.45, 2.75) is 12.5 Å². The molecule has 1 N–H and O–H groups in total. The summed E-state index contributed by atoms with van der Waals surface area (Å²) < 4.78 is 0. The van der Waals surface area contributed by atoms with Gasteiger partial charge in [0, 0.05) is 17.1 Å². The lowest BCUT2D eigenvalue weighted by Crippen LogP contribution is -2.55. The summed E-state index contributed by atoms with van der Waals surface area (Å²) >= 11 is 1.87. The highest BCUT2D eigenvalue weighted by atomic mass is 32.2. The molecular weight excluding hydrogens is 242 g/mol. The maximum atomic E-state index is 12.3. The number of benzene rings is 2. The van der Waals surface area contributed by atoms with Gasteiger partial charge in [-0.1, -0.05) is 36.4 Å². The van der Waals surface area contributed by atoms with E-state index in [1.54, 1.807) is 0 Å². The number of thioether (sulfide) groups is 1. The van der Waals surface area contributed by atoms with E-state index < -0.39 is 0 Å². The molecule has 1 fully saturated rings. The Morgan fingerprint density at radius 1 is 1.17 bits per heavy atom. The minimum absolute atomic E-state index is 0.0291. The van der Waals surface area contributed by atoms with Crippen LogP contribution in [0.5, 0.6) is 0 Å². The molecule has 0 radical (unpaired) electrons. The quantitative estimate of drug-likeness (QED) is 0.895. The smallest absolute Gasteiger partial charge is 0.252 e. The van der Waals surface area contributed by atoms with Crippen LogP contribution in [-0.2, 0) is 0 Å². The second kappa shape index (κ2) is 4.32. The van der Waals surface area contributed by atoms with Gasteiger partial charge in [0.25, 0.3) is 5.91 Å². The Hall–Kier alpha value is -1.48. The number of rotatable bonds is 2. The molecule has 0 aromatic heterocycles. The first-order chi connectivity index (χ1) is 8.68. The summed E-state index contributed by atoms with van der Waals surface area (Å²) in [5.41, 5.74) is 0.741. The van der Waals surface area contributed by atoms with Crippen molar-refractivity contribution in [3.8, 4) is 0 Å². The van der Waals surface area contributed by atoms with Crippen molar-refractivity contribution >= 4 is 28.4 Å². The molecule has 0 saturated carbocycles. The molecule has 0 bridgehead atoms. The van der Waals surface area contributed by atoms with E-state index in [2.05, 4.69) is 12.2 Å². The third-order valence-corrected chi connectivity index (χ3v) is 4.97. The van der Waals surface area contributed by atoms with Crippen LogP contribution in [0.3, 0.4) is 0 Å². The summed E-state index contributed by atoms with van der Waals surface area (Å²) in [7, 11) is 0. The van der Waals surface area contributed by atoms with E-state index in [1.165, 1.54) is 0 Å². The Morgan fingerprint density at radius 3 is 2.61 bits per heavy atom. The topological polar surface area (TPSA) is 29.1 Å². The van der Waals surface area contributed by atoms with E-state index in [1.807, 2.05) is 54.2 Å². The van der Waals surface area contributed by atoms with E-state index in [0.717, 1.165) is 27.8 Å². The molecule has 0 aliphatic carbocycles. The fourth-order valence-electron chi connectivity index (χ4n) is 2.25. The van der Waals surface area contributed by atoms with Crippen LogP contribution < -0.4 is 5.32 Å². The zero-order chi connectivity index (χ0) is 12.6. The predicted octanol–water partition coefficient (Wildman–Crippen LogP) is 3.08. The number of carbonyl (C=O) groups excluding carboxylic acids is 1. The molecule has 2 aromatic rings. The van der Waals surface area contributed by atoms with Gasteiger partial charge in [0.15, 0.2) is 0 Å². The molecule has 3 rings (SSSR count).